The second-order valence-corrected chi connectivity index (χ2v) is 5.68. The lowest BCUT2D eigenvalue weighted by atomic mass is 10.3. The van der Waals surface area contributed by atoms with Gasteiger partial charge in [0.05, 0.1) is 0 Å². The monoisotopic (exact) mass is 329 g/mol. The second-order valence-electron chi connectivity index (χ2n) is 4.76. The summed E-state index contributed by atoms with van der Waals surface area (Å²) in [7, 11) is 0. The van der Waals surface area contributed by atoms with Gasteiger partial charge in [-0.05, 0) is 47.0 Å². The van der Waals surface area contributed by atoms with Crippen LogP contribution in [0.25, 0.3) is 5.00 Å². The lowest BCUT2D eigenvalue weighted by Crippen LogP contribution is -2.37. The largest absolute Gasteiger partial charge is 0.369 e. The summed E-state index contributed by atoms with van der Waals surface area (Å²) in [5.74, 6) is -0.209. The highest BCUT2D eigenvalue weighted by molar-refractivity contribution is 7.12. The molecule has 23 heavy (non-hydrogen) atoms. The molecule has 0 aliphatic rings. The van der Waals surface area contributed by atoms with E-state index >= 15 is 0 Å². The van der Waals surface area contributed by atoms with E-state index in [1.807, 2.05) is 48.7 Å². The van der Waals surface area contributed by atoms with E-state index in [4.69, 9.17) is 0 Å². The number of carbonyl (C=O) groups excluding carboxylic acids is 1. The van der Waals surface area contributed by atoms with Crippen molar-refractivity contribution < 1.29 is 4.79 Å². The van der Waals surface area contributed by atoms with Crippen molar-refractivity contribution in [2.24, 2.45) is 0 Å². The number of hydrogen-bond donors (Lipinski definition) is 0. The van der Waals surface area contributed by atoms with Gasteiger partial charge in [-0.2, -0.15) is 9.36 Å². The Balaban J connectivity index is 1.82. The molecule has 7 nitrogen and oxygen atoms in total. The Labute approximate surface area is 136 Å². The molecule has 3 aromatic rings. The van der Waals surface area contributed by atoms with Crippen molar-refractivity contribution in [2.75, 3.05) is 11.4 Å². The highest BCUT2D eigenvalue weighted by atomic mass is 32.1. The maximum Gasteiger partial charge on any atom is 0.369 e. The van der Waals surface area contributed by atoms with E-state index in [0.29, 0.717) is 11.5 Å². The second kappa shape index (κ2) is 6.57. The predicted molar refractivity (Wildman–Crippen MR) is 88.0 cm³/mol. The molecule has 0 aliphatic carbocycles. The summed E-state index contributed by atoms with van der Waals surface area (Å²) in [6.45, 7) is 2.25. The van der Waals surface area contributed by atoms with E-state index in [-0.39, 0.29) is 12.5 Å². The van der Waals surface area contributed by atoms with Gasteiger partial charge in [-0.15, -0.1) is 11.3 Å². The Kier molecular flexibility index (Phi) is 4.33. The third-order valence-electron chi connectivity index (χ3n) is 3.32. The maximum atomic E-state index is 12.5. The molecule has 8 heteroatoms. The average molecular weight is 329 g/mol. The number of aromatic nitrogens is 4. The topological polar surface area (TPSA) is 73.0 Å². The predicted octanol–water partition coefficient (Wildman–Crippen LogP) is 1.54. The summed E-state index contributed by atoms with van der Waals surface area (Å²) in [6, 6.07) is 12.9. The average Bonchev–Trinajstić information content (AvgIpc) is 3.20. The summed E-state index contributed by atoms with van der Waals surface area (Å²) in [4.78, 5) is 26.4. The van der Waals surface area contributed by atoms with Crippen LogP contribution in [0.4, 0.5) is 5.69 Å². The summed E-state index contributed by atoms with van der Waals surface area (Å²) < 4.78 is 2.27. The third kappa shape index (κ3) is 3.07. The fourth-order valence-electron chi connectivity index (χ4n) is 2.23. The Bertz CT molecular complexity index is 838. The van der Waals surface area contributed by atoms with E-state index in [1.54, 1.807) is 11.0 Å². The number of rotatable bonds is 5. The molecule has 1 aromatic carbocycles. The fraction of sp³-hybridized carbons (Fsp3) is 0.200. The van der Waals surface area contributed by atoms with Gasteiger partial charge >= 0.3 is 5.69 Å². The molecule has 3 rings (SSSR count). The highest BCUT2D eigenvalue weighted by Crippen LogP contribution is 2.13. The van der Waals surface area contributed by atoms with Gasteiger partial charge in [-0.1, -0.05) is 18.2 Å². The zero-order valence-corrected chi connectivity index (χ0v) is 13.3. The number of benzene rings is 1. The normalized spacial score (nSPS) is 10.7. The van der Waals surface area contributed by atoms with Gasteiger partial charge in [0.2, 0.25) is 5.91 Å². The Hall–Kier alpha value is -2.74. The number of anilines is 1. The first kappa shape index (κ1) is 15.2. The van der Waals surface area contributed by atoms with Crippen LogP contribution in [0, 0.1) is 0 Å². The lowest BCUT2D eigenvalue weighted by molar-refractivity contribution is -0.119. The van der Waals surface area contributed by atoms with Crippen LogP contribution < -0.4 is 10.6 Å². The Morgan fingerprint density at radius 3 is 2.61 bits per heavy atom. The van der Waals surface area contributed by atoms with Crippen LogP contribution in [0.5, 0.6) is 0 Å². The summed E-state index contributed by atoms with van der Waals surface area (Å²) >= 11 is 1.38. The molecule has 0 radical (unpaired) electrons. The number of nitrogens with zero attached hydrogens (tertiary/aromatic N) is 5. The standard InChI is InChI=1S/C15H15N5O2S/c1-2-18(12-7-4-3-5-8-12)13(21)11-19-15(22)20(17-16-19)14-9-6-10-23-14/h3-10H,2,11H2,1H3. The van der Waals surface area contributed by atoms with Gasteiger partial charge in [0.15, 0.2) is 0 Å². The minimum atomic E-state index is -0.426. The molecule has 2 heterocycles. The van der Waals surface area contributed by atoms with Gasteiger partial charge in [0, 0.05) is 12.2 Å². The van der Waals surface area contributed by atoms with Crippen LogP contribution in [0.1, 0.15) is 6.92 Å². The molecular weight excluding hydrogens is 314 g/mol. The van der Waals surface area contributed by atoms with Crippen LogP contribution in [-0.4, -0.2) is 32.2 Å². The molecular formula is C15H15N5O2S. The van der Waals surface area contributed by atoms with E-state index in [9.17, 15) is 9.59 Å². The van der Waals surface area contributed by atoms with Crippen molar-refractivity contribution in [3.8, 4) is 5.00 Å². The van der Waals surface area contributed by atoms with Gasteiger partial charge in [-0.3, -0.25) is 4.79 Å². The third-order valence-corrected chi connectivity index (χ3v) is 4.17. The molecule has 0 saturated carbocycles. The zero-order valence-electron chi connectivity index (χ0n) is 12.5. The SMILES string of the molecule is CCN(C(=O)Cn1nnn(-c2cccs2)c1=O)c1ccccc1. The summed E-state index contributed by atoms with van der Waals surface area (Å²) in [6.07, 6.45) is 0. The molecule has 0 spiro atoms. The van der Waals surface area contributed by atoms with Crippen molar-refractivity contribution in [3.05, 3.63) is 58.3 Å². The molecule has 1 amide bonds. The quantitative estimate of drug-likeness (QED) is 0.712. The molecule has 0 unspecified atom stereocenters. The van der Waals surface area contributed by atoms with E-state index in [1.165, 1.54) is 16.0 Å². The van der Waals surface area contributed by atoms with Crippen LogP contribution in [0.2, 0.25) is 0 Å². The molecule has 0 saturated heterocycles. The van der Waals surface area contributed by atoms with Crippen molar-refractivity contribution in [1.29, 1.82) is 0 Å². The maximum absolute atomic E-state index is 12.5. The van der Waals surface area contributed by atoms with Crippen molar-refractivity contribution in [1.82, 2.24) is 19.8 Å². The first-order valence-corrected chi connectivity index (χ1v) is 8.00. The molecule has 0 bridgehead atoms. The van der Waals surface area contributed by atoms with Crippen molar-refractivity contribution >= 4 is 22.9 Å². The minimum absolute atomic E-state index is 0.146. The first-order valence-electron chi connectivity index (χ1n) is 7.13. The van der Waals surface area contributed by atoms with Crippen LogP contribution >= 0.6 is 11.3 Å². The molecule has 0 fully saturated rings. The number of carbonyl (C=O) groups is 1. The summed E-state index contributed by atoms with van der Waals surface area (Å²) in [5, 5.41) is 10.1. The van der Waals surface area contributed by atoms with Crippen molar-refractivity contribution in [3.63, 3.8) is 0 Å². The minimum Gasteiger partial charge on any atom is -0.311 e. The van der Waals surface area contributed by atoms with Crippen molar-refractivity contribution in [2.45, 2.75) is 13.5 Å². The molecule has 118 valence electrons. The molecule has 2 aromatic heterocycles. The molecule has 0 atom stereocenters. The number of thiophene rings is 1. The Morgan fingerprint density at radius 1 is 1.17 bits per heavy atom. The summed E-state index contributed by atoms with van der Waals surface area (Å²) in [5.41, 5.74) is 0.364. The number of likely N-dealkylation sites (N-methyl/N-ethyl adjacent to an activating group) is 1. The smallest absolute Gasteiger partial charge is 0.311 e. The number of tetrazole rings is 1. The van der Waals surface area contributed by atoms with E-state index < -0.39 is 5.69 Å². The number of amides is 1. The first-order chi connectivity index (χ1) is 11.2. The van der Waals surface area contributed by atoms with Gasteiger partial charge in [0.1, 0.15) is 11.5 Å². The number of hydrogen-bond acceptors (Lipinski definition) is 5. The highest BCUT2D eigenvalue weighted by Gasteiger charge is 2.18. The zero-order chi connectivity index (χ0) is 16.2. The van der Waals surface area contributed by atoms with Gasteiger partial charge in [-0.25, -0.2) is 4.79 Å². The number of para-hydroxylation sites is 1. The molecule has 0 N–H and O–H groups in total. The fourth-order valence-corrected chi connectivity index (χ4v) is 2.89. The van der Waals surface area contributed by atoms with Crippen LogP contribution in [-0.2, 0) is 11.3 Å². The lowest BCUT2D eigenvalue weighted by Gasteiger charge is -2.20. The van der Waals surface area contributed by atoms with Gasteiger partial charge in [0.25, 0.3) is 0 Å². The van der Waals surface area contributed by atoms with E-state index in [2.05, 4.69) is 10.4 Å². The molecule has 0 aliphatic heterocycles. The Morgan fingerprint density at radius 2 is 1.96 bits per heavy atom. The van der Waals surface area contributed by atoms with E-state index in [0.717, 1.165) is 10.4 Å². The van der Waals surface area contributed by atoms with Gasteiger partial charge < -0.3 is 4.90 Å². The van der Waals surface area contributed by atoms with Crippen LogP contribution in [0.15, 0.2) is 52.6 Å². The van der Waals surface area contributed by atoms with Crippen LogP contribution in [0.3, 0.4) is 0 Å².